The number of nitrogens with zero attached hydrogens (tertiary/aromatic N) is 3. The fourth-order valence-electron chi connectivity index (χ4n) is 4.44. The Morgan fingerprint density at radius 3 is 2.44 bits per heavy atom. The number of carbonyl (C=O) groups is 1. The van der Waals surface area contributed by atoms with E-state index in [-0.39, 0.29) is 0 Å². The van der Waals surface area contributed by atoms with Crippen molar-refractivity contribution in [2.24, 2.45) is 11.8 Å². The molecule has 0 unspecified atom stereocenters. The molecule has 0 spiro atoms. The van der Waals surface area contributed by atoms with Crippen LogP contribution in [0.1, 0.15) is 66.2 Å². The van der Waals surface area contributed by atoms with Gasteiger partial charge in [0.15, 0.2) is 0 Å². The lowest BCUT2D eigenvalue weighted by Crippen LogP contribution is -2.48. The first-order chi connectivity index (χ1) is 12.0. The molecule has 0 aromatic heterocycles. The molecule has 0 aromatic carbocycles. The second kappa shape index (κ2) is 10.5. The largest absolute Gasteiger partial charge is 0.339 e. The van der Waals surface area contributed by atoms with Gasteiger partial charge >= 0.3 is 0 Å². The molecule has 2 rings (SSSR count). The molecule has 0 radical (unpaired) electrons. The molecule has 2 saturated heterocycles. The first-order valence-electron chi connectivity index (χ1n) is 10.7. The first kappa shape index (κ1) is 20.7. The lowest BCUT2D eigenvalue weighted by atomic mass is 9.93. The van der Waals surface area contributed by atoms with Crippen molar-refractivity contribution in [3.63, 3.8) is 0 Å². The van der Waals surface area contributed by atoms with E-state index in [9.17, 15) is 4.79 Å². The Morgan fingerprint density at radius 1 is 1.12 bits per heavy atom. The predicted octanol–water partition coefficient (Wildman–Crippen LogP) is 3.47. The van der Waals surface area contributed by atoms with Crippen LogP contribution in [0.25, 0.3) is 0 Å². The average molecular weight is 352 g/mol. The molecule has 1 amide bonds. The van der Waals surface area contributed by atoms with Crippen molar-refractivity contribution < 1.29 is 4.79 Å². The number of hydrogen-bond acceptors (Lipinski definition) is 3. The SMILES string of the molecule is CCN(CCC1CCN(CC(=O)N2CCCC[C@@H]2C)CC1)CC(C)C. The van der Waals surface area contributed by atoms with Gasteiger partial charge in [0.2, 0.25) is 5.91 Å². The normalized spacial score (nSPS) is 23.6. The van der Waals surface area contributed by atoms with E-state index in [1.807, 2.05) is 0 Å². The first-order valence-corrected chi connectivity index (χ1v) is 10.7. The number of carbonyl (C=O) groups excluding carboxylic acids is 1. The summed E-state index contributed by atoms with van der Waals surface area (Å²) in [7, 11) is 0. The van der Waals surface area contributed by atoms with Gasteiger partial charge in [-0.3, -0.25) is 9.69 Å². The quantitative estimate of drug-likeness (QED) is 0.670. The van der Waals surface area contributed by atoms with Crippen molar-refractivity contribution in [2.75, 3.05) is 45.8 Å². The summed E-state index contributed by atoms with van der Waals surface area (Å²) in [5, 5.41) is 0. The van der Waals surface area contributed by atoms with Gasteiger partial charge in [-0.1, -0.05) is 20.8 Å². The van der Waals surface area contributed by atoms with Crippen LogP contribution in [0.4, 0.5) is 0 Å². The number of piperidine rings is 2. The van der Waals surface area contributed by atoms with Crippen LogP contribution in [0.5, 0.6) is 0 Å². The molecule has 0 aliphatic carbocycles. The van der Waals surface area contributed by atoms with Crippen molar-refractivity contribution in [2.45, 2.75) is 72.3 Å². The molecule has 2 aliphatic heterocycles. The third-order valence-corrected chi connectivity index (χ3v) is 6.11. The standard InChI is InChI=1S/C21H41N3O/c1-5-22(16-18(2)3)13-9-20-10-14-23(15-11-20)17-21(25)24-12-7-6-8-19(24)4/h18-20H,5-17H2,1-4H3/t19-/m0/s1. The minimum absolute atomic E-state index is 0.361. The number of likely N-dealkylation sites (tertiary alicyclic amines) is 2. The summed E-state index contributed by atoms with van der Waals surface area (Å²) in [5.74, 6) is 1.96. The predicted molar refractivity (Wildman–Crippen MR) is 106 cm³/mol. The highest BCUT2D eigenvalue weighted by atomic mass is 16.2. The Kier molecular flexibility index (Phi) is 8.71. The van der Waals surface area contributed by atoms with Crippen LogP contribution >= 0.6 is 0 Å². The van der Waals surface area contributed by atoms with Gasteiger partial charge in [-0.25, -0.2) is 0 Å². The Balaban J connectivity index is 1.66. The Hall–Kier alpha value is -0.610. The van der Waals surface area contributed by atoms with E-state index in [1.165, 1.54) is 58.2 Å². The molecule has 4 nitrogen and oxygen atoms in total. The Bertz CT molecular complexity index is 391. The van der Waals surface area contributed by atoms with E-state index in [1.54, 1.807) is 0 Å². The van der Waals surface area contributed by atoms with E-state index in [2.05, 4.69) is 42.4 Å². The highest BCUT2D eigenvalue weighted by molar-refractivity contribution is 5.78. The van der Waals surface area contributed by atoms with Gasteiger partial charge in [0.25, 0.3) is 0 Å². The van der Waals surface area contributed by atoms with Crippen LogP contribution in [0.15, 0.2) is 0 Å². The lowest BCUT2D eigenvalue weighted by molar-refractivity contribution is -0.136. The summed E-state index contributed by atoms with van der Waals surface area (Å²) in [6.45, 7) is 16.6. The topological polar surface area (TPSA) is 26.8 Å². The van der Waals surface area contributed by atoms with Gasteiger partial charge < -0.3 is 9.80 Å². The zero-order valence-electron chi connectivity index (χ0n) is 17.2. The van der Waals surface area contributed by atoms with Crippen LogP contribution < -0.4 is 0 Å². The monoisotopic (exact) mass is 351 g/mol. The number of amides is 1. The van der Waals surface area contributed by atoms with Crippen molar-refractivity contribution in [3.05, 3.63) is 0 Å². The average Bonchev–Trinajstić information content (AvgIpc) is 2.59. The van der Waals surface area contributed by atoms with Crippen LogP contribution in [-0.2, 0) is 4.79 Å². The van der Waals surface area contributed by atoms with E-state index >= 15 is 0 Å². The maximum atomic E-state index is 12.6. The van der Waals surface area contributed by atoms with E-state index in [0.717, 1.165) is 31.5 Å². The molecule has 4 heteroatoms. The summed E-state index contributed by atoms with van der Waals surface area (Å²) in [4.78, 5) is 19.7. The second-order valence-electron chi connectivity index (χ2n) is 8.73. The van der Waals surface area contributed by atoms with E-state index in [0.29, 0.717) is 18.5 Å². The fraction of sp³-hybridized carbons (Fsp3) is 0.952. The smallest absolute Gasteiger partial charge is 0.236 e. The highest BCUT2D eigenvalue weighted by Crippen LogP contribution is 2.22. The molecule has 2 heterocycles. The number of rotatable bonds is 8. The minimum Gasteiger partial charge on any atom is -0.339 e. The maximum absolute atomic E-state index is 12.6. The van der Waals surface area contributed by atoms with Gasteiger partial charge in [0.1, 0.15) is 0 Å². The summed E-state index contributed by atoms with van der Waals surface area (Å²) in [5.41, 5.74) is 0. The van der Waals surface area contributed by atoms with Crippen molar-refractivity contribution in [1.82, 2.24) is 14.7 Å². The van der Waals surface area contributed by atoms with Gasteiger partial charge in [-0.05, 0) is 83.5 Å². The summed E-state index contributed by atoms with van der Waals surface area (Å²) in [6, 6.07) is 0.444. The third kappa shape index (κ3) is 6.90. The van der Waals surface area contributed by atoms with E-state index < -0.39 is 0 Å². The highest BCUT2D eigenvalue weighted by Gasteiger charge is 2.26. The molecule has 0 saturated carbocycles. The van der Waals surface area contributed by atoms with Crippen LogP contribution in [0.2, 0.25) is 0 Å². The summed E-state index contributed by atoms with van der Waals surface area (Å²) < 4.78 is 0. The van der Waals surface area contributed by atoms with Crippen molar-refractivity contribution in [3.8, 4) is 0 Å². The maximum Gasteiger partial charge on any atom is 0.236 e. The van der Waals surface area contributed by atoms with Crippen LogP contribution in [-0.4, -0.2) is 72.5 Å². The molecule has 0 bridgehead atoms. The van der Waals surface area contributed by atoms with Gasteiger partial charge in [-0.2, -0.15) is 0 Å². The van der Waals surface area contributed by atoms with Crippen LogP contribution in [0.3, 0.4) is 0 Å². The van der Waals surface area contributed by atoms with Crippen molar-refractivity contribution >= 4 is 5.91 Å². The molecule has 1 atom stereocenters. The molecule has 0 aromatic rings. The summed E-state index contributed by atoms with van der Waals surface area (Å²) in [6.07, 6.45) is 7.50. The van der Waals surface area contributed by atoms with Gasteiger partial charge in [-0.15, -0.1) is 0 Å². The van der Waals surface area contributed by atoms with Crippen molar-refractivity contribution in [1.29, 1.82) is 0 Å². The van der Waals surface area contributed by atoms with Gasteiger partial charge in [0.05, 0.1) is 6.54 Å². The van der Waals surface area contributed by atoms with Crippen LogP contribution in [0, 0.1) is 11.8 Å². The minimum atomic E-state index is 0.361. The Labute approximate surface area is 155 Å². The second-order valence-corrected chi connectivity index (χ2v) is 8.73. The lowest BCUT2D eigenvalue weighted by Gasteiger charge is -2.37. The molecule has 2 fully saturated rings. The van der Waals surface area contributed by atoms with E-state index in [4.69, 9.17) is 0 Å². The third-order valence-electron chi connectivity index (χ3n) is 6.11. The zero-order valence-corrected chi connectivity index (χ0v) is 17.2. The van der Waals surface area contributed by atoms with Gasteiger partial charge in [0, 0.05) is 19.1 Å². The molecule has 2 aliphatic rings. The number of hydrogen-bond donors (Lipinski definition) is 0. The summed E-state index contributed by atoms with van der Waals surface area (Å²) >= 11 is 0. The fourth-order valence-corrected chi connectivity index (χ4v) is 4.44. The molecule has 25 heavy (non-hydrogen) atoms. The zero-order chi connectivity index (χ0) is 18.2. The molecular formula is C21H41N3O. The molecular weight excluding hydrogens is 310 g/mol. The Morgan fingerprint density at radius 2 is 1.84 bits per heavy atom. The molecule has 0 N–H and O–H groups in total. The molecule has 146 valence electrons.